The minimum atomic E-state index is -0.280. The Kier molecular flexibility index (Phi) is 2.68. The lowest BCUT2D eigenvalue weighted by atomic mass is 10.1. The Morgan fingerprint density at radius 3 is 2.72 bits per heavy atom. The summed E-state index contributed by atoms with van der Waals surface area (Å²) in [4.78, 5) is 8.73. The summed E-state index contributed by atoms with van der Waals surface area (Å²) in [6.07, 6.45) is 0.732. The van der Waals surface area contributed by atoms with E-state index in [9.17, 15) is 4.39 Å². The van der Waals surface area contributed by atoms with Crippen LogP contribution < -0.4 is 5.73 Å². The molecule has 0 fully saturated rings. The molecule has 3 rings (SSSR count). The number of nitrogens with two attached hydrogens (primary N) is 1. The number of halogens is 1. The van der Waals surface area contributed by atoms with Gasteiger partial charge in [-0.2, -0.15) is 0 Å². The number of fused-ring (bicyclic) bond motifs is 1. The Hall–Kier alpha value is -2.01. The minimum Gasteiger partial charge on any atom is -0.383 e. The molecule has 0 saturated heterocycles. The molecule has 2 aromatic rings. The fourth-order valence-electron chi connectivity index (χ4n) is 1.98. The molecule has 92 valence electrons. The maximum atomic E-state index is 12.9. The van der Waals surface area contributed by atoms with Crippen LogP contribution >= 0.6 is 0 Å². The molecule has 2 N–H and O–H groups in total. The maximum Gasteiger partial charge on any atom is 0.161 e. The minimum absolute atomic E-state index is 0.280. The van der Waals surface area contributed by atoms with Gasteiger partial charge in [0.05, 0.1) is 18.9 Å². The second kappa shape index (κ2) is 4.34. The van der Waals surface area contributed by atoms with E-state index < -0.39 is 0 Å². The lowest BCUT2D eigenvalue weighted by Crippen LogP contribution is -2.16. The molecular formula is C13H12FN3O. The summed E-state index contributed by atoms with van der Waals surface area (Å²) < 4.78 is 18.2. The van der Waals surface area contributed by atoms with Gasteiger partial charge in [0.2, 0.25) is 0 Å². The van der Waals surface area contributed by atoms with Crippen molar-refractivity contribution in [3.63, 3.8) is 0 Å². The molecule has 18 heavy (non-hydrogen) atoms. The van der Waals surface area contributed by atoms with E-state index >= 15 is 0 Å². The van der Waals surface area contributed by atoms with E-state index in [1.165, 1.54) is 12.1 Å². The number of aromatic nitrogens is 2. The van der Waals surface area contributed by atoms with Crippen molar-refractivity contribution < 1.29 is 9.13 Å². The molecule has 0 bridgehead atoms. The summed E-state index contributed by atoms with van der Waals surface area (Å²) in [5.41, 5.74) is 8.46. The normalized spacial score (nSPS) is 14.3. The SMILES string of the molecule is Nc1nc(-c2ccc(F)cc2)nc2c1COCC2. The fraction of sp³-hybridized carbons (Fsp3) is 0.231. The van der Waals surface area contributed by atoms with Gasteiger partial charge < -0.3 is 10.5 Å². The summed E-state index contributed by atoms with van der Waals surface area (Å²) >= 11 is 0. The van der Waals surface area contributed by atoms with Gasteiger partial charge in [0.15, 0.2) is 5.82 Å². The Morgan fingerprint density at radius 2 is 1.94 bits per heavy atom. The van der Waals surface area contributed by atoms with Crippen molar-refractivity contribution in [2.45, 2.75) is 13.0 Å². The third-order valence-corrected chi connectivity index (χ3v) is 2.96. The smallest absolute Gasteiger partial charge is 0.161 e. The van der Waals surface area contributed by atoms with Crippen molar-refractivity contribution in [2.24, 2.45) is 0 Å². The van der Waals surface area contributed by atoms with Crippen LogP contribution in [0.15, 0.2) is 24.3 Å². The van der Waals surface area contributed by atoms with Crippen LogP contribution in [0.4, 0.5) is 10.2 Å². The van der Waals surface area contributed by atoms with Crippen LogP contribution in [-0.2, 0) is 17.8 Å². The molecule has 0 atom stereocenters. The predicted molar refractivity (Wildman–Crippen MR) is 65.2 cm³/mol. The van der Waals surface area contributed by atoms with E-state index in [0.717, 1.165) is 23.2 Å². The first-order chi connectivity index (χ1) is 8.74. The molecule has 1 aromatic carbocycles. The summed E-state index contributed by atoms with van der Waals surface area (Å²) in [7, 11) is 0. The molecule has 4 nitrogen and oxygen atoms in total. The Morgan fingerprint density at radius 1 is 1.17 bits per heavy atom. The first-order valence-electron chi connectivity index (χ1n) is 5.73. The van der Waals surface area contributed by atoms with Crippen LogP contribution in [0.2, 0.25) is 0 Å². The number of hydrogen-bond donors (Lipinski definition) is 1. The first kappa shape index (κ1) is 11.1. The van der Waals surface area contributed by atoms with Gasteiger partial charge in [0.1, 0.15) is 11.6 Å². The third-order valence-electron chi connectivity index (χ3n) is 2.96. The Labute approximate surface area is 104 Å². The maximum absolute atomic E-state index is 12.9. The largest absolute Gasteiger partial charge is 0.383 e. The summed E-state index contributed by atoms with van der Waals surface area (Å²) in [5.74, 6) is 0.699. The van der Waals surface area contributed by atoms with Crippen LogP contribution in [0.25, 0.3) is 11.4 Å². The zero-order valence-electron chi connectivity index (χ0n) is 9.69. The number of anilines is 1. The van der Waals surface area contributed by atoms with E-state index in [4.69, 9.17) is 10.5 Å². The second-order valence-corrected chi connectivity index (χ2v) is 4.17. The van der Waals surface area contributed by atoms with Crippen molar-refractivity contribution in [2.75, 3.05) is 12.3 Å². The number of benzene rings is 1. The second-order valence-electron chi connectivity index (χ2n) is 4.17. The lowest BCUT2D eigenvalue weighted by molar-refractivity contribution is 0.109. The summed E-state index contributed by atoms with van der Waals surface area (Å²) in [6, 6.07) is 6.07. The van der Waals surface area contributed by atoms with Gasteiger partial charge in [0.25, 0.3) is 0 Å². The molecule has 5 heteroatoms. The fourth-order valence-corrected chi connectivity index (χ4v) is 1.98. The van der Waals surface area contributed by atoms with Gasteiger partial charge in [-0.1, -0.05) is 0 Å². The molecular weight excluding hydrogens is 233 g/mol. The van der Waals surface area contributed by atoms with Gasteiger partial charge >= 0.3 is 0 Å². The highest BCUT2D eigenvalue weighted by Crippen LogP contribution is 2.24. The van der Waals surface area contributed by atoms with Crippen molar-refractivity contribution in [1.82, 2.24) is 9.97 Å². The highest BCUT2D eigenvalue weighted by Gasteiger charge is 2.17. The number of rotatable bonds is 1. The molecule has 1 aliphatic heterocycles. The quantitative estimate of drug-likeness (QED) is 0.834. The number of nitrogens with zero attached hydrogens (tertiary/aromatic N) is 2. The average molecular weight is 245 g/mol. The van der Waals surface area contributed by atoms with Gasteiger partial charge in [-0.25, -0.2) is 14.4 Å². The van der Waals surface area contributed by atoms with Gasteiger partial charge in [0, 0.05) is 17.5 Å². The molecule has 2 heterocycles. The summed E-state index contributed by atoms with van der Waals surface area (Å²) in [6.45, 7) is 1.11. The van der Waals surface area contributed by atoms with Crippen LogP contribution in [0.5, 0.6) is 0 Å². The number of ether oxygens (including phenoxy) is 1. The van der Waals surface area contributed by atoms with Crippen LogP contribution in [-0.4, -0.2) is 16.6 Å². The molecule has 1 aliphatic rings. The van der Waals surface area contributed by atoms with E-state index in [2.05, 4.69) is 9.97 Å². The lowest BCUT2D eigenvalue weighted by Gasteiger charge is -2.17. The summed E-state index contributed by atoms with van der Waals surface area (Å²) in [5, 5.41) is 0. The van der Waals surface area contributed by atoms with Gasteiger partial charge in [-0.05, 0) is 24.3 Å². The molecule has 0 radical (unpaired) electrons. The first-order valence-corrected chi connectivity index (χ1v) is 5.73. The molecule has 0 aliphatic carbocycles. The zero-order chi connectivity index (χ0) is 12.5. The van der Waals surface area contributed by atoms with Crippen molar-refractivity contribution >= 4 is 5.82 Å². The van der Waals surface area contributed by atoms with E-state index in [1.807, 2.05) is 0 Å². The zero-order valence-corrected chi connectivity index (χ0v) is 9.69. The third kappa shape index (κ3) is 1.93. The molecule has 0 amide bonds. The van der Waals surface area contributed by atoms with Gasteiger partial charge in [-0.15, -0.1) is 0 Å². The highest BCUT2D eigenvalue weighted by atomic mass is 19.1. The molecule has 1 aromatic heterocycles. The standard InChI is InChI=1S/C13H12FN3O/c14-9-3-1-8(2-4-9)13-16-11-5-6-18-7-10(11)12(15)17-13/h1-4H,5-7H2,(H2,15,16,17). The van der Waals surface area contributed by atoms with Crippen molar-refractivity contribution in [3.05, 3.63) is 41.3 Å². The van der Waals surface area contributed by atoms with Crippen LogP contribution in [0.3, 0.4) is 0 Å². The molecule has 0 unspecified atom stereocenters. The van der Waals surface area contributed by atoms with E-state index in [1.54, 1.807) is 12.1 Å². The molecule has 0 spiro atoms. The average Bonchev–Trinajstić information content (AvgIpc) is 2.39. The molecule has 0 saturated carbocycles. The topological polar surface area (TPSA) is 61.0 Å². The number of hydrogen-bond acceptors (Lipinski definition) is 4. The highest BCUT2D eigenvalue weighted by molar-refractivity contribution is 5.58. The van der Waals surface area contributed by atoms with E-state index in [0.29, 0.717) is 24.9 Å². The van der Waals surface area contributed by atoms with Crippen molar-refractivity contribution in [1.29, 1.82) is 0 Å². The van der Waals surface area contributed by atoms with Gasteiger partial charge in [-0.3, -0.25) is 0 Å². The Balaban J connectivity index is 2.08. The predicted octanol–water partition coefficient (Wildman–Crippen LogP) is 1.94. The van der Waals surface area contributed by atoms with Crippen LogP contribution in [0, 0.1) is 5.82 Å². The monoisotopic (exact) mass is 245 g/mol. The Bertz CT molecular complexity index is 584. The number of nitrogen functional groups attached to an aromatic ring is 1. The van der Waals surface area contributed by atoms with E-state index in [-0.39, 0.29) is 5.82 Å². The van der Waals surface area contributed by atoms with Crippen molar-refractivity contribution in [3.8, 4) is 11.4 Å². The van der Waals surface area contributed by atoms with Crippen LogP contribution in [0.1, 0.15) is 11.3 Å².